The Morgan fingerprint density at radius 1 is 1.21 bits per heavy atom. The van der Waals surface area contributed by atoms with E-state index in [0.29, 0.717) is 19.0 Å². The number of nitrogens with one attached hydrogen (secondary N) is 2. The Labute approximate surface area is 188 Å². The molecule has 2 N–H and O–H groups in total. The number of halogens is 4. The highest BCUT2D eigenvalue weighted by atomic mass is 127. The summed E-state index contributed by atoms with van der Waals surface area (Å²) in [6.07, 6.45) is -1.74. The van der Waals surface area contributed by atoms with Gasteiger partial charge in [0.1, 0.15) is 6.61 Å². The summed E-state index contributed by atoms with van der Waals surface area (Å²) in [5.41, 5.74) is 1.33. The minimum Gasteiger partial charge on any atom is -0.372 e. The van der Waals surface area contributed by atoms with Crippen molar-refractivity contribution in [3.05, 3.63) is 35.9 Å². The van der Waals surface area contributed by atoms with Gasteiger partial charge in [0.15, 0.2) is 5.96 Å². The third kappa shape index (κ3) is 11.6. The van der Waals surface area contributed by atoms with Crippen molar-refractivity contribution < 1.29 is 17.9 Å². The number of aliphatic imine (C=N–C) groups is 1. The highest BCUT2D eigenvalue weighted by molar-refractivity contribution is 14.0. The third-order valence-electron chi connectivity index (χ3n) is 4.50. The van der Waals surface area contributed by atoms with Crippen LogP contribution in [-0.2, 0) is 11.3 Å². The van der Waals surface area contributed by atoms with Crippen LogP contribution < -0.4 is 10.6 Å². The molecule has 0 amide bonds. The number of rotatable bonds is 9. The molecular weight excluding hydrogens is 496 g/mol. The van der Waals surface area contributed by atoms with Gasteiger partial charge in [0.25, 0.3) is 0 Å². The van der Waals surface area contributed by atoms with Crippen LogP contribution in [0.4, 0.5) is 13.2 Å². The molecule has 0 bridgehead atoms. The zero-order chi connectivity index (χ0) is 20.2. The Morgan fingerprint density at radius 3 is 2.52 bits per heavy atom. The van der Waals surface area contributed by atoms with Gasteiger partial charge in [-0.25, -0.2) is 0 Å². The molecule has 0 saturated carbocycles. The number of hydrogen-bond acceptors (Lipinski definition) is 3. The third-order valence-corrected chi connectivity index (χ3v) is 4.50. The van der Waals surface area contributed by atoms with Crippen LogP contribution in [0.15, 0.2) is 35.3 Å². The molecule has 5 nitrogen and oxygen atoms in total. The lowest BCUT2D eigenvalue weighted by Crippen LogP contribution is -2.48. The predicted molar refractivity (Wildman–Crippen MR) is 121 cm³/mol. The lowest BCUT2D eigenvalue weighted by molar-refractivity contribution is -0.173. The normalized spacial score (nSPS) is 16.3. The van der Waals surface area contributed by atoms with Gasteiger partial charge in [-0.15, -0.1) is 24.0 Å². The number of likely N-dealkylation sites (tertiary alicyclic amines) is 1. The number of alkyl halides is 3. The van der Waals surface area contributed by atoms with Crippen LogP contribution in [0.1, 0.15) is 31.7 Å². The van der Waals surface area contributed by atoms with Gasteiger partial charge in [0.2, 0.25) is 0 Å². The SMILES string of the molecule is CCNC(=NCCCOCC(F)(F)F)NC1CCN(Cc2ccccc2)CC1.I. The van der Waals surface area contributed by atoms with E-state index in [2.05, 4.69) is 49.5 Å². The molecule has 1 aliphatic rings. The fraction of sp³-hybridized carbons (Fsp3) is 0.650. The highest BCUT2D eigenvalue weighted by Gasteiger charge is 2.27. The van der Waals surface area contributed by atoms with Gasteiger partial charge in [-0.2, -0.15) is 13.2 Å². The van der Waals surface area contributed by atoms with Crippen LogP contribution in [-0.4, -0.2) is 62.5 Å². The molecule has 1 aromatic rings. The molecule has 166 valence electrons. The Hall–Kier alpha value is -1.07. The van der Waals surface area contributed by atoms with E-state index < -0.39 is 12.8 Å². The lowest BCUT2D eigenvalue weighted by Gasteiger charge is -2.33. The average Bonchev–Trinajstić information content (AvgIpc) is 2.66. The summed E-state index contributed by atoms with van der Waals surface area (Å²) in [4.78, 5) is 6.90. The number of benzene rings is 1. The molecule has 9 heteroatoms. The van der Waals surface area contributed by atoms with Crippen LogP contribution in [0.2, 0.25) is 0 Å². The first-order valence-electron chi connectivity index (χ1n) is 9.92. The van der Waals surface area contributed by atoms with Crippen molar-refractivity contribution in [1.82, 2.24) is 15.5 Å². The second-order valence-electron chi connectivity index (χ2n) is 6.96. The van der Waals surface area contributed by atoms with Gasteiger partial charge < -0.3 is 15.4 Å². The average molecular weight is 528 g/mol. The maximum atomic E-state index is 12.0. The van der Waals surface area contributed by atoms with Gasteiger partial charge in [-0.3, -0.25) is 9.89 Å². The molecule has 1 saturated heterocycles. The molecule has 1 fully saturated rings. The largest absolute Gasteiger partial charge is 0.411 e. The number of guanidine groups is 1. The molecule has 0 unspecified atom stereocenters. The lowest BCUT2D eigenvalue weighted by atomic mass is 10.0. The van der Waals surface area contributed by atoms with Crippen LogP contribution in [0.5, 0.6) is 0 Å². The molecule has 0 aromatic heterocycles. The first-order chi connectivity index (χ1) is 13.5. The molecule has 29 heavy (non-hydrogen) atoms. The van der Waals surface area contributed by atoms with Crippen LogP contribution in [0.25, 0.3) is 0 Å². The topological polar surface area (TPSA) is 48.9 Å². The molecule has 2 rings (SSSR count). The van der Waals surface area contributed by atoms with Crippen molar-refractivity contribution in [2.45, 2.75) is 44.9 Å². The van der Waals surface area contributed by atoms with Gasteiger partial charge >= 0.3 is 6.18 Å². The zero-order valence-electron chi connectivity index (χ0n) is 16.9. The Kier molecular flexibility index (Phi) is 12.6. The number of ether oxygens (including phenoxy) is 1. The minimum atomic E-state index is -4.27. The summed E-state index contributed by atoms with van der Waals surface area (Å²) in [5.74, 6) is 0.722. The van der Waals surface area contributed by atoms with Crippen LogP contribution >= 0.6 is 24.0 Å². The molecule has 0 aliphatic carbocycles. The molecule has 1 heterocycles. The van der Waals surface area contributed by atoms with E-state index in [1.807, 2.05) is 13.0 Å². The van der Waals surface area contributed by atoms with Crippen molar-refractivity contribution in [3.8, 4) is 0 Å². The predicted octanol–water partition coefficient (Wildman–Crippen LogP) is 3.79. The number of nitrogens with zero attached hydrogens (tertiary/aromatic N) is 2. The highest BCUT2D eigenvalue weighted by Crippen LogP contribution is 2.15. The second kappa shape index (κ2) is 14.0. The van der Waals surface area contributed by atoms with Gasteiger partial charge in [0, 0.05) is 45.4 Å². The molecule has 0 atom stereocenters. The monoisotopic (exact) mass is 528 g/mol. The summed E-state index contributed by atoms with van der Waals surface area (Å²) < 4.78 is 40.7. The van der Waals surface area contributed by atoms with Crippen LogP contribution in [0.3, 0.4) is 0 Å². The number of hydrogen-bond donors (Lipinski definition) is 2. The maximum Gasteiger partial charge on any atom is 0.411 e. The minimum absolute atomic E-state index is 0. The zero-order valence-corrected chi connectivity index (χ0v) is 19.2. The molecule has 0 spiro atoms. The quantitative estimate of drug-likeness (QED) is 0.222. The summed E-state index contributed by atoms with van der Waals surface area (Å²) in [7, 11) is 0. The fourth-order valence-electron chi connectivity index (χ4n) is 3.14. The van der Waals surface area contributed by atoms with Crippen molar-refractivity contribution in [1.29, 1.82) is 0 Å². The van der Waals surface area contributed by atoms with E-state index in [9.17, 15) is 13.2 Å². The molecular formula is C20H32F3IN4O. The Balaban J connectivity index is 0.00000420. The summed E-state index contributed by atoms with van der Waals surface area (Å²) in [6.45, 7) is 5.04. The smallest absolute Gasteiger partial charge is 0.372 e. The Bertz CT molecular complexity index is 579. The van der Waals surface area contributed by atoms with E-state index >= 15 is 0 Å². The summed E-state index contributed by atoms with van der Waals surface area (Å²) in [5, 5.41) is 6.65. The molecule has 1 aliphatic heterocycles. The molecule has 1 aromatic carbocycles. The maximum absolute atomic E-state index is 12.0. The van der Waals surface area contributed by atoms with E-state index in [1.165, 1.54) is 5.56 Å². The standard InChI is InChI=1S/C20H31F3N4O.HI/c1-2-24-19(25-11-6-14-28-16-20(21,22)23)26-18-9-12-27(13-10-18)15-17-7-4-3-5-8-17;/h3-5,7-8,18H,2,6,9-16H2,1H3,(H2,24,25,26);1H. The van der Waals surface area contributed by atoms with E-state index in [4.69, 9.17) is 0 Å². The van der Waals surface area contributed by atoms with Gasteiger partial charge in [-0.1, -0.05) is 30.3 Å². The molecule has 0 radical (unpaired) electrons. The van der Waals surface area contributed by atoms with E-state index in [-0.39, 0.29) is 30.6 Å². The second-order valence-corrected chi connectivity index (χ2v) is 6.96. The van der Waals surface area contributed by atoms with Crippen molar-refractivity contribution >= 4 is 29.9 Å². The number of piperidine rings is 1. The van der Waals surface area contributed by atoms with Crippen molar-refractivity contribution in [2.75, 3.05) is 39.4 Å². The fourth-order valence-corrected chi connectivity index (χ4v) is 3.14. The van der Waals surface area contributed by atoms with Crippen molar-refractivity contribution in [2.24, 2.45) is 4.99 Å². The first kappa shape index (κ1) is 26.0. The first-order valence-corrected chi connectivity index (χ1v) is 9.92. The summed E-state index contributed by atoms with van der Waals surface area (Å²) in [6, 6.07) is 10.8. The Morgan fingerprint density at radius 2 is 1.90 bits per heavy atom. The van der Waals surface area contributed by atoms with Gasteiger partial charge in [0.05, 0.1) is 0 Å². The van der Waals surface area contributed by atoms with E-state index in [0.717, 1.165) is 45.0 Å². The van der Waals surface area contributed by atoms with Crippen LogP contribution in [0, 0.1) is 0 Å². The van der Waals surface area contributed by atoms with Gasteiger partial charge in [-0.05, 0) is 31.7 Å². The van der Waals surface area contributed by atoms with E-state index in [1.54, 1.807) is 0 Å². The summed E-state index contributed by atoms with van der Waals surface area (Å²) >= 11 is 0. The van der Waals surface area contributed by atoms with Crippen molar-refractivity contribution in [3.63, 3.8) is 0 Å².